The Bertz CT molecular complexity index is 451. The fourth-order valence-corrected chi connectivity index (χ4v) is 0.665. The van der Waals surface area contributed by atoms with Gasteiger partial charge in [-0.15, -0.1) is 0 Å². The summed E-state index contributed by atoms with van der Waals surface area (Å²) >= 11 is 0. The minimum absolute atomic E-state index is 0.162. The van der Waals surface area contributed by atoms with Gasteiger partial charge in [-0.05, 0) is 18.6 Å². The van der Waals surface area contributed by atoms with E-state index in [1.165, 1.54) is 0 Å². The van der Waals surface area contributed by atoms with Crippen LogP contribution < -0.4 is 5.73 Å². The number of rotatable bonds is 0. The van der Waals surface area contributed by atoms with Gasteiger partial charge >= 0.3 is 10.4 Å². The minimum Gasteiger partial charge on any atom is -0.506 e. The summed E-state index contributed by atoms with van der Waals surface area (Å²) in [4.78, 5) is 9.00. The third-order valence-corrected chi connectivity index (χ3v) is 1.30. The molecular formula is C9H15NO7S. The fourth-order valence-electron chi connectivity index (χ4n) is 0.665. The van der Waals surface area contributed by atoms with Crippen LogP contribution >= 0.6 is 0 Å². The summed E-state index contributed by atoms with van der Waals surface area (Å²) in [6, 6.07) is 5.19. The van der Waals surface area contributed by atoms with Gasteiger partial charge in [-0.2, -0.15) is 8.42 Å². The standard InChI is InChI=1S/C7H9NO.C2H4O2.H2O4S/c1-5-3-2-4-6(9)7(5)8;1-2(3)4;1-5(2,3)4/h2-4,9H,8H2,1H3;1H3,(H,3,4);(H2,1,2,3,4). The minimum atomic E-state index is -4.67. The van der Waals surface area contributed by atoms with Crippen molar-refractivity contribution in [1.29, 1.82) is 0 Å². The molecule has 6 N–H and O–H groups in total. The molecule has 1 aromatic rings. The second kappa shape index (κ2) is 8.28. The largest absolute Gasteiger partial charge is 0.506 e. The van der Waals surface area contributed by atoms with Gasteiger partial charge in [0.15, 0.2) is 0 Å². The van der Waals surface area contributed by atoms with Crippen molar-refractivity contribution in [3.63, 3.8) is 0 Å². The Morgan fingerprint density at radius 1 is 1.28 bits per heavy atom. The van der Waals surface area contributed by atoms with Gasteiger partial charge < -0.3 is 15.9 Å². The van der Waals surface area contributed by atoms with E-state index in [-0.39, 0.29) is 5.75 Å². The highest BCUT2D eigenvalue weighted by atomic mass is 32.3. The summed E-state index contributed by atoms with van der Waals surface area (Å²) in [7, 11) is -4.67. The average molecular weight is 281 g/mol. The fraction of sp³-hybridized carbons (Fsp3) is 0.222. The van der Waals surface area contributed by atoms with Crippen LogP contribution in [0.4, 0.5) is 5.69 Å². The second-order valence-corrected chi connectivity index (χ2v) is 3.87. The van der Waals surface area contributed by atoms with Crippen molar-refractivity contribution >= 4 is 22.1 Å². The summed E-state index contributed by atoms with van der Waals surface area (Å²) in [6.45, 7) is 2.94. The average Bonchev–Trinajstić information content (AvgIpc) is 2.10. The van der Waals surface area contributed by atoms with Crippen LogP contribution in [-0.2, 0) is 15.2 Å². The molecule has 0 radical (unpaired) electrons. The Kier molecular flexibility index (Phi) is 8.52. The summed E-state index contributed by atoms with van der Waals surface area (Å²) in [5, 5.41) is 16.4. The number of phenolic OH excluding ortho intramolecular Hbond substituents is 1. The van der Waals surface area contributed by atoms with E-state index in [1.807, 2.05) is 13.0 Å². The van der Waals surface area contributed by atoms with Crippen molar-refractivity contribution in [3.05, 3.63) is 23.8 Å². The maximum absolute atomic E-state index is 9.00. The Labute approximate surface area is 104 Å². The smallest absolute Gasteiger partial charge is 0.394 e. The van der Waals surface area contributed by atoms with Crippen LogP contribution in [0.25, 0.3) is 0 Å². The number of aromatic hydroxyl groups is 1. The molecule has 0 heterocycles. The van der Waals surface area contributed by atoms with E-state index in [2.05, 4.69) is 0 Å². The van der Waals surface area contributed by atoms with E-state index in [9.17, 15) is 0 Å². The molecule has 0 atom stereocenters. The number of para-hydroxylation sites is 1. The molecule has 0 amide bonds. The SMILES string of the molecule is CC(=O)O.Cc1cccc(O)c1N.O=S(=O)(O)O. The number of aryl methyl sites for hydroxylation is 1. The molecule has 0 unspecified atom stereocenters. The van der Waals surface area contributed by atoms with Crippen molar-refractivity contribution in [2.45, 2.75) is 13.8 Å². The number of nitrogen functional groups attached to an aromatic ring is 1. The first kappa shape index (κ1) is 18.5. The number of carboxylic acid groups (broad SMARTS) is 1. The molecule has 18 heavy (non-hydrogen) atoms. The number of nitrogens with two attached hydrogens (primary N) is 1. The Hall–Kier alpha value is -1.84. The summed E-state index contributed by atoms with van der Waals surface area (Å²) < 4.78 is 31.6. The Morgan fingerprint density at radius 3 is 1.83 bits per heavy atom. The Balaban J connectivity index is 0. The first-order chi connectivity index (χ1) is 7.95. The lowest BCUT2D eigenvalue weighted by molar-refractivity contribution is -0.134. The van der Waals surface area contributed by atoms with Crippen LogP contribution in [0.2, 0.25) is 0 Å². The van der Waals surface area contributed by atoms with Gasteiger partial charge in [0.25, 0.3) is 5.97 Å². The molecule has 0 saturated heterocycles. The van der Waals surface area contributed by atoms with Crippen molar-refractivity contribution < 1.29 is 32.5 Å². The molecule has 1 rings (SSSR count). The molecular weight excluding hydrogens is 266 g/mol. The topological polar surface area (TPSA) is 158 Å². The molecule has 0 spiro atoms. The van der Waals surface area contributed by atoms with Gasteiger partial charge in [-0.25, -0.2) is 0 Å². The maximum Gasteiger partial charge on any atom is 0.394 e. The third-order valence-electron chi connectivity index (χ3n) is 1.30. The van der Waals surface area contributed by atoms with Crippen LogP contribution in [0.1, 0.15) is 12.5 Å². The summed E-state index contributed by atoms with van der Waals surface area (Å²) in [6.07, 6.45) is 0. The normalized spacial score (nSPS) is 9.33. The first-order valence-electron chi connectivity index (χ1n) is 4.38. The van der Waals surface area contributed by atoms with Gasteiger partial charge in [-0.3, -0.25) is 13.9 Å². The molecule has 9 heteroatoms. The summed E-state index contributed by atoms with van der Waals surface area (Å²) in [5.41, 5.74) is 6.81. The van der Waals surface area contributed by atoms with Crippen LogP contribution in [0.5, 0.6) is 5.75 Å². The van der Waals surface area contributed by atoms with E-state index in [1.54, 1.807) is 12.1 Å². The molecule has 0 aliphatic heterocycles. The molecule has 0 aliphatic rings. The molecule has 0 aromatic heterocycles. The monoisotopic (exact) mass is 281 g/mol. The predicted molar refractivity (Wildman–Crippen MR) is 64.7 cm³/mol. The highest BCUT2D eigenvalue weighted by Gasteiger charge is 1.95. The zero-order valence-electron chi connectivity index (χ0n) is 9.73. The first-order valence-corrected chi connectivity index (χ1v) is 5.78. The van der Waals surface area contributed by atoms with Crippen molar-refractivity contribution in [1.82, 2.24) is 0 Å². The van der Waals surface area contributed by atoms with Crippen LogP contribution in [0.3, 0.4) is 0 Å². The Morgan fingerprint density at radius 2 is 1.61 bits per heavy atom. The molecule has 1 aromatic carbocycles. The lowest BCUT2D eigenvalue weighted by Gasteiger charge is -1.99. The van der Waals surface area contributed by atoms with Gasteiger partial charge in [0.05, 0.1) is 5.69 Å². The molecule has 0 saturated carbocycles. The van der Waals surface area contributed by atoms with Crippen LogP contribution in [0.15, 0.2) is 18.2 Å². The van der Waals surface area contributed by atoms with Gasteiger partial charge in [-0.1, -0.05) is 12.1 Å². The quantitative estimate of drug-likeness (QED) is 0.264. The second-order valence-electron chi connectivity index (χ2n) is 2.97. The third kappa shape index (κ3) is 16.6. The highest BCUT2D eigenvalue weighted by molar-refractivity contribution is 7.79. The predicted octanol–water partition coefficient (Wildman–Crippen LogP) is 0.721. The van der Waals surface area contributed by atoms with Crippen molar-refractivity contribution in [2.24, 2.45) is 0 Å². The highest BCUT2D eigenvalue weighted by Crippen LogP contribution is 2.21. The van der Waals surface area contributed by atoms with E-state index >= 15 is 0 Å². The maximum atomic E-state index is 9.00. The van der Waals surface area contributed by atoms with Crippen LogP contribution in [-0.4, -0.2) is 33.7 Å². The zero-order valence-corrected chi connectivity index (χ0v) is 10.5. The van der Waals surface area contributed by atoms with Gasteiger partial charge in [0, 0.05) is 6.92 Å². The molecule has 104 valence electrons. The number of carbonyl (C=O) groups is 1. The molecule has 0 bridgehead atoms. The number of carboxylic acids is 1. The van der Waals surface area contributed by atoms with E-state index in [0.717, 1.165) is 12.5 Å². The number of benzene rings is 1. The lowest BCUT2D eigenvalue weighted by Crippen LogP contribution is -1.89. The van der Waals surface area contributed by atoms with Crippen LogP contribution in [0, 0.1) is 6.92 Å². The number of phenols is 1. The number of hydrogen-bond acceptors (Lipinski definition) is 5. The molecule has 0 aliphatic carbocycles. The zero-order chi connectivity index (χ0) is 14.9. The van der Waals surface area contributed by atoms with Crippen molar-refractivity contribution in [2.75, 3.05) is 5.73 Å². The van der Waals surface area contributed by atoms with E-state index in [4.69, 9.17) is 38.3 Å². The van der Waals surface area contributed by atoms with E-state index < -0.39 is 16.4 Å². The van der Waals surface area contributed by atoms with Crippen molar-refractivity contribution in [3.8, 4) is 5.75 Å². The molecule has 0 fully saturated rings. The van der Waals surface area contributed by atoms with Gasteiger partial charge in [0.1, 0.15) is 5.75 Å². The van der Waals surface area contributed by atoms with Gasteiger partial charge in [0.2, 0.25) is 0 Å². The number of hydrogen-bond donors (Lipinski definition) is 5. The summed E-state index contributed by atoms with van der Waals surface area (Å²) in [5.74, 6) is -0.671. The number of anilines is 1. The number of aliphatic carboxylic acids is 1. The lowest BCUT2D eigenvalue weighted by atomic mass is 10.2. The molecule has 8 nitrogen and oxygen atoms in total. The van der Waals surface area contributed by atoms with E-state index in [0.29, 0.717) is 5.69 Å².